The minimum Gasteiger partial charge on any atom is -0.507 e. The number of pyridine rings is 1. The van der Waals surface area contributed by atoms with E-state index in [0.29, 0.717) is 17.1 Å². The molecule has 0 bridgehead atoms. The van der Waals surface area contributed by atoms with Crippen molar-refractivity contribution >= 4 is 27.5 Å². The lowest BCUT2D eigenvalue weighted by Gasteiger charge is -2.08. The number of aromatic nitrogens is 3. The Bertz CT molecular complexity index is 1130. The molecule has 6 heteroatoms. The van der Waals surface area contributed by atoms with Crippen molar-refractivity contribution in [3.8, 4) is 11.8 Å². The van der Waals surface area contributed by atoms with Crippen LogP contribution in [0.3, 0.4) is 0 Å². The van der Waals surface area contributed by atoms with E-state index in [4.69, 9.17) is 4.74 Å². The number of ether oxygens (including phenoxy) is 1. The maximum absolute atomic E-state index is 10.4. The van der Waals surface area contributed by atoms with Gasteiger partial charge in [-0.15, -0.1) is 0 Å². The molecule has 2 aromatic heterocycles. The van der Waals surface area contributed by atoms with Crippen LogP contribution >= 0.6 is 0 Å². The minimum atomic E-state index is -0.195. The van der Waals surface area contributed by atoms with E-state index >= 15 is 0 Å². The molecule has 0 aliphatic rings. The highest BCUT2D eigenvalue weighted by Gasteiger charge is 2.14. The second-order valence-electron chi connectivity index (χ2n) is 5.66. The molecule has 0 fully saturated rings. The monoisotopic (exact) mass is 342 g/mol. The van der Waals surface area contributed by atoms with Gasteiger partial charge in [-0.3, -0.25) is 4.98 Å². The number of allylic oxidation sites excluding steroid dienone is 1. The Kier molecular flexibility index (Phi) is 3.96. The van der Waals surface area contributed by atoms with Gasteiger partial charge >= 0.3 is 0 Å². The summed E-state index contributed by atoms with van der Waals surface area (Å²) >= 11 is 0. The Labute approximate surface area is 149 Å². The normalized spacial score (nSPS) is 12.0. The average Bonchev–Trinajstić information content (AvgIpc) is 3.10. The molecule has 2 N–H and O–H groups in total. The first-order chi connectivity index (χ1) is 12.8. The van der Waals surface area contributed by atoms with E-state index in [1.54, 1.807) is 12.3 Å². The van der Waals surface area contributed by atoms with Gasteiger partial charge in [-0.05, 0) is 24.3 Å². The third kappa shape index (κ3) is 2.82. The fraction of sp³-hybridized carbons (Fsp3) is 0.0500. The van der Waals surface area contributed by atoms with E-state index in [1.807, 2.05) is 54.6 Å². The van der Waals surface area contributed by atoms with Crippen molar-refractivity contribution in [2.45, 2.75) is 0 Å². The maximum atomic E-state index is 10.4. The smallest absolute Gasteiger partial charge is 0.152 e. The first kappa shape index (κ1) is 15.7. The summed E-state index contributed by atoms with van der Waals surface area (Å²) in [5.41, 5.74) is 2.27. The molecule has 0 spiro atoms. The van der Waals surface area contributed by atoms with Gasteiger partial charge in [0, 0.05) is 11.6 Å². The number of benzene rings is 2. The third-order valence-electron chi connectivity index (χ3n) is 3.99. The molecule has 6 nitrogen and oxygen atoms in total. The molecule has 0 unspecified atom stereocenters. The van der Waals surface area contributed by atoms with E-state index in [0.717, 1.165) is 16.4 Å². The predicted octanol–water partition coefficient (Wildman–Crippen LogP) is 3.98. The lowest BCUT2D eigenvalue weighted by molar-refractivity contribution is 0.274. The number of aliphatic hydroxyl groups excluding tert-OH is 1. The molecule has 0 radical (unpaired) electrons. The number of rotatable bonds is 4. The van der Waals surface area contributed by atoms with Gasteiger partial charge in [-0.2, -0.15) is 5.26 Å². The van der Waals surface area contributed by atoms with Gasteiger partial charge in [0.05, 0.1) is 11.0 Å². The average molecular weight is 342 g/mol. The summed E-state index contributed by atoms with van der Waals surface area (Å²) in [4.78, 5) is 11.7. The van der Waals surface area contributed by atoms with Crippen molar-refractivity contribution < 1.29 is 9.84 Å². The van der Waals surface area contributed by atoms with Gasteiger partial charge < -0.3 is 14.8 Å². The van der Waals surface area contributed by atoms with Crippen LogP contribution in [0.4, 0.5) is 0 Å². The first-order valence-corrected chi connectivity index (χ1v) is 8.00. The van der Waals surface area contributed by atoms with Crippen molar-refractivity contribution in [2.75, 3.05) is 6.61 Å². The second-order valence-corrected chi connectivity index (χ2v) is 5.66. The molecular formula is C20H14N4O2. The third-order valence-corrected chi connectivity index (χ3v) is 3.99. The van der Waals surface area contributed by atoms with Gasteiger partial charge in [0.2, 0.25) is 0 Å². The highest BCUT2D eigenvalue weighted by Crippen LogP contribution is 2.24. The van der Waals surface area contributed by atoms with Crippen LogP contribution in [0.15, 0.2) is 66.6 Å². The number of nitriles is 1. The van der Waals surface area contributed by atoms with E-state index in [1.165, 1.54) is 0 Å². The van der Waals surface area contributed by atoms with E-state index in [2.05, 4.69) is 15.0 Å². The van der Waals surface area contributed by atoms with Crippen molar-refractivity contribution in [1.82, 2.24) is 15.0 Å². The zero-order valence-corrected chi connectivity index (χ0v) is 13.7. The first-order valence-electron chi connectivity index (χ1n) is 8.00. The van der Waals surface area contributed by atoms with Crippen LogP contribution < -0.4 is 4.74 Å². The SMILES string of the molecule is N#CC(=C(O)COc1cccc2cccnc12)c1nc2ccccc2[nH]1. The quantitative estimate of drug-likeness (QED) is 0.432. The summed E-state index contributed by atoms with van der Waals surface area (Å²) < 4.78 is 5.70. The number of nitrogens with one attached hydrogen (secondary N) is 1. The van der Waals surface area contributed by atoms with Crippen LogP contribution in [0.5, 0.6) is 5.75 Å². The Hall–Kier alpha value is -3.85. The zero-order valence-electron chi connectivity index (χ0n) is 13.7. The highest BCUT2D eigenvalue weighted by molar-refractivity contribution is 5.84. The molecule has 26 heavy (non-hydrogen) atoms. The number of hydrogen-bond donors (Lipinski definition) is 2. The van der Waals surface area contributed by atoms with Crippen molar-refractivity contribution in [3.05, 3.63) is 72.4 Å². The van der Waals surface area contributed by atoms with Gasteiger partial charge in [0.1, 0.15) is 29.5 Å². The number of hydrogen-bond acceptors (Lipinski definition) is 5. The Morgan fingerprint density at radius 3 is 2.81 bits per heavy atom. The van der Waals surface area contributed by atoms with Gasteiger partial charge in [0.25, 0.3) is 0 Å². The molecule has 4 rings (SSSR count). The maximum Gasteiger partial charge on any atom is 0.152 e. The number of H-pyrrole nitrogens is 1. The topological polar surface area (TPSA) is 94.8 Å². The number of fused-ring (bicyclic) bond motifs is 2. The van der Waals surface area contributed by atoms with Crippen molar-refractivity contribution in [2.24, 2.45) is 0 Å². The van der Waals surface area contributed by atoms with Gasteiger partial charge in [-0.25, -0.2) is 4.98 Å². The zero-order chi connectivity index (χ0) is 17.9. The summed E-state index contributed by atoms with van der Waals surface area (Å²) in [5, 5.41) is 20.8. The number of aliphatic hydroxyl groups is 1. The molecule has 2 heterocycles. The molecule has 126 valence electrons. The van der Waals surface area contributed by atoms with Crippen LogP contribution in [0.2, 0.25) is 0 Å². The standard InChI is InChI=1S/C20H14N4O2/c21-11-14(20-23-15-7-1-2-8-16(15)24-20)17(25)12-26-18-9-3-5-13-6-4-10-22-19(13)18/h1-10,25H,12H2,(H,23,24). The lowest BCUT2D eigenvalue weighted by Crippen LogP contribution is -2.04. The molecule has 0 aliphatic heterocycles. The molecule has 0 atom stereocenters. The fourth-order valence-electron chi connectivity index (χ4n) is 2.74. The number of imidazole rings is 1. The summed E-state index contributed by atoms with van der Waals surface area (Å²) in [6.45, 7) is -0.157. The Morgan fingerprint density at radius 1 is 1.12 bits per heavy atom. The van der Waals surface area contributed by atoms with E-state index < -0.39 is 0 Å². The fourth-order valence-corrected chi connectivity index (χ4v) is 2.74. The summed E-state index contributed by atoms with van der Waals surface area (Å²) in [7, 11) is 0. The van der Waals surface area contributed by atoms with Crippen LogP contribution in [-0.4, -0.2) is 26.7 Å². The van der Waals surface area contributed by atoms with Crippen LogP contribution in [-0.2, 0) is 0 Å². The lowest BCUT2D eigenvalue weighted by atomic mass is 10.2. The molecule has 0 saturated carbocycles. The molecule has 4 aromatic rings. The van der Waals surface area contributed by atoms with E-state index in [-0.39, 0.29) is 17.9 Å². The summed E-state index contributed by atoms with van der Waals surface area (Å²) in [5.74, 6) is 0.655. The highest BCUT2D eigenvalue weighted by atomic mass is 16.5. The molecule has 0 saturated heterocycles. The minimum absolute atomic E-state index is 0.0504. The Balaban J connectivity index is 1.64. The van der Waals surface area contributed by atoms with Gasteiger partial charge in [-0.1, -0.05) is 30.3 Å². The number of nitrogens with zero attached hydrogens (tertiary/aromatic N) is 3. The number of para-hydroxylation sites is 3. The molecule has 2 aromatic carbocycles. The number of aromatic amines is 1. The van der Waals surface area contributed by atoms with Crippen molar-refractivity contribution in [3.63, 3.8) is 0 Å². The van der Waals surface area contributed by atoms with Crippen molar-refractivity contribution in [1.29, 1.82) is 5.26 Å². The van der Waals surface area contributed by atoms with Crippen LogP contribution in [0.25, 0.3) is 27.5 Å². The van der Waals surface area contributed by atoms with Gasteiger partial charge in [0.15, 0.2) is 11.6 Å². The largest absolute Gasteiger partial charge is 0.507 e. The molecular weight excluding hydrogens is 328 g/mol. The Morgan fingerprint density at radius 2 is 1.96 bits per heavy atom. The summed E-state index contributed by atoms with van der Waals surface area (Å²) in [6, 6.07) is 18.7. The van der Waals surface area contributed by atoms with Crippen LogP contribution in [0, 0.1) is 11.3 Å². The van der Waals surface area contributed by atoms with Crippen LogP contribution in [0.1, 0.15) is 5.82 Å². The summed E-state index contributed by atoms with van der Waals surface area (Å²) in [6.07, 6.45) is 1.68. The second kappa shape index (κ2) is 6.57. The predicted molar refractivity (Wildman–Crippen MR) is 98.5 cm³/mol. The molecule has 0 amide bonds. The molecule has 0 aliphatic carbocycles. The van der Waals surface area contributed by atoms with E-state index in [9.17, 15) is 10.4 Å².